The van der Waals surface area contributed by atoms with Crippen molar-refractivity contribution < 1.29 is 4.42 Å². The Balaban J connectivity index is 2.30. The molecule has 2 nitrogen and oxygen atoms in total. The molecule has 0 aliphatic carbocycles. The Hall–Kier alpha value is -1.54. The van der Waals surface area contributed by atoms with Gasteiger partial charge in [0.15, 0.2) is 0 Å². The maximum atomic E-state index is 5.73. The van der Waals surface area contributed by atoms with E-state index in [-0.39, 0.29) is 11.5 Å². The molecule has 2 heteroatoms. The van der Waals surface area contributed by atoms with Crippen LogP contribution in [0.5, 0.6) is 0 Å². The second-order valence-corrected chi connectivity index (χ2v) is 6.04. The third kappa shape index (κ3) is 3.07. The van der Waals surface area contributed by atoms with Gasteiger partial charge in [-0.2, -0.15) is 0 Å². The lowest BCUT2D eigenvalue weighted by molar-refractivity contribution is 0.444. The van der Waals surface area contributed by atoms with Crippen LogP contribution in [0.15, 0.2) is 40.8 Å². The first-order valence-electron chi connectivity index (χ1n) is 6.76. The summed E-state index contributed by atoms with van der Waals surface area (Å²) in [5.74, 6) is 1.91. The lowest BCUT2D eigenvalue weighted by atomic mass is 9.86. The summed E-state index contributed by atoms with van der Waals surface area (Å²) in [7, 11) is 1.96. The van der Waals surface area contributed by atoms with E-state index in [0.717, 1.165) is 11.5 Å². The van der Waals surface area contributed by atoms with Gasteiger partial charge in [-0.05, 0) is 42.6 Å². The van der Waals surface area contributed by atoms with E-state index >= 15 is 0 Å². The minimum Gasteiger partial charge on any atom is -0.464 e. The van der Waals surface area contributed by atoms with Crippen molar-refractivity contribution in [3.8, 4) is 0 Å². The fraction of sp³-hybridized carbons (Fsp3) is 0.412. The largest absolute Gasteiger partial charge is 0.464 e. The van der Waals surface area contributed by atoms with E-state index in [0.29, 0.717) is 0 Å². The normalized spacial score (nSPS) is 13.5. The number of rotatable bonds is 3. The molecule has 0 fully saturated rings. The van der Waals surface area contributed by atoms with Crippen molar-refractivity contribution in [3.05, 3.63) is 59.0 Å². The average molecular weight is 257 g/mol. The van der Waals surface area contributed by atoms with Crippen LogP contribution in [0.3, 0.4) is 0 Å². The molecule has 19 heavy (non-hydrogen) atoms. The number of hydrogen-bond acceptors (Lipinski definition) is 2. The molecule has 1 unspecified atom stereocenters. The van der Waals surface area contributed by atoms with Crippen molar-refractivity contribution in [2.75, 3.05) is 7.05 Å². The van der Waals surface area contributed by atoms with E-state index in [1.54, 1.807) is 0 Å². The molecule has 0 amide bonds. The SMILES string of the molecule is CNC(c1ccc(C(C)(C)C)cc1)c1ccc(C)o1. The lowest BCUT2D eigenvalue weighted by Gasteiger charge is -2.20. The zero-order valence-corrected chi connectivity index (χ0v) is 12.4. The molecule has 1 N–H and O–H groups in total. The highest BCUT2D eigenvalue weighted by Gasteiger charge is 2.17. The molecule has 0 aliphatic heterocycles. The molecule has 0 aliphatic rings. The summed E-state index contributed by atoms with van der Waals surface area (Å²) in [6, 6.07) is 12.9. The molecule has 0 saturated heterocycles. The van der Waals surface area contributed by atoms with Crippen LogP contribution in [0.4, 0.5) is 0 Å². The monoisotopic (exact) mass is 257 g/mol. The minimum atomic E-state index is 0.114. The Labute approximate surface area is 115 Å². The molecular formula is C17H23NO. The Bertz CT molecular complexity index is 531. The summed E-state index contributed by atoms with van der Waals surface area (Å²) < 4.78 is 5.73. The van der Waals surface area contributed by atoms with E-state index in [2.05, 4.69) is 50.4 Å². The molecular weight excluding hydrogens is 234 g/mol. The number of nitrogens with one attached hydrogen (secondary N) is 1. The smallest absolute Gasteiger partial charge is 0.125 e. The summed E-state index contributed by atoms with van der Waals surface area (Å²) in [5.41, 5.74) is 2.76. The maximum absolute atomic E-state index is 5.73. The maximum Gasteiger partial charge on any atom is 0.125 e. The van der Waals surface area contributed by atoms with Gasteiger partial charge in [-0.3, -0.25) is 0 Å². The second-order valence-electron chi connectivity index (χ2n) is 6.04. The predicted octanol–water partition coefficient (Wildman–Crippen LogP) is 4.19. The van der Waals surface area contributed by atoms with Crippen molar-refractivity contribution in [1.82, 2.24) is 5.32 Å². The van der Waals surface area contributed by atoms with Gasteiger partial charge in [0.2, 0.25) is 0 Å². The quantitative estimate of drug-likeness (QED) is 0.891. The first kappa shape index (κ1) is 13.9. The van der Waals surface area contributed by atoms with Gasteiger partial charge >= 0.3 is 0 Å². The third-order valence-corrected chi connectivity index (χ3v) is 3.44. The van der Waals surface area contributed by atoms with Crippen LogP contribution in [0.25, 0.3) is 0 Å². The highest BCUT2D eigenvalue weighted by atomic mass is 16.3. The molecule has 1 aromatic heterocycles. The first-order chi connectivity index (χ1) is 8.91. The molecule has 0 bridgehead atoms. The van der Waals surface area contributed by atoms with Gasteiger partial charge in [0, 0.05) is 0 Å². The number of furan rings is 1. The van der Waals surface area contributed by atoms with E-state index in [4.69, 9.17) is 4.42 Å². The van der Waals surface area contributed by atoms with E-state index in [9.17, 15) is 0 Å². The molecule has 0 spiro atoms. The van der Waals surface area contributed by atoms with E-state index < -0.39 is 0 Å². The van der Waals surface area contributed by atoms with Gasteiger partial charge in [-0.25, -0.2) is 0 Å². The Kier molecular flexibility index (Phi) is 3.81. The van der Waals surface area contributed by atoms with Crippen LogP contribution in [-0.2, 0) is 5.41 Å². The molecule has 2 aromatic rings. The molecule has 1 atom stereocenters. The number of aryl methyl sites for hydroxylation is 1. The molecule has 0 radical (unpaired) electrons. The van der Waals surface area contributed by atoms with Gasteiger partial charge in [0.25, 0.3) is 0 Å². The molecule has 0 saturated carbocycles. The summed E-state index contributed by atoms with van der Waals surface area (Å²) in [4.78, 5) is 0. The minimum absolute atomic E-state index is 0.114. The topological polar surface area (TPSA) is 25.2 Å². The molecule has 2 rings (SSSR count). The van der Waals surface area contributed by atoms with Crippen molar-refractivity contribution in [1.29, 1.82) is 0 Å². The van der Waals surface area contributed by atoms with Crippen LogP contribution in [-0.4, -0.2) is 7.05 Å². The van der Waals surface area contributed by atoms with Crippen molar-refractivity contribution >= 4 is 0 Å². The van der Waals surface area contributed by atoms with Gasteiger partial charge < -0.3 is 9.73 Å². The number of hydrogen-bond donors (Lipinski definition) is 1. The summed E-state index contributed by atoms with van der Waals surface area (Å²) >= 11 is 0. The van der Waals surface area contributed by atoms with Gasteiger partial charge in [-0.1, -0.05) is 45.0 Å². The van der Waals surface area contributed by atoms with Crippen LogP contribution in [0.1, 0.15) is 49.5 Å². The Morgan fingerprint density at radius 1 is 1.00 bits per heavy atom. The Morgan fingerprint density at radius 2 is 1.63 bits per heavy atom. The second kappa shape index (κ2) is 5.22. The average Bonchev–Trinajstić information content (AvgIpc) is 2.76. The lowest BCUT2D eigenvalue weighted by Crippen LogP contribution is -2.17. The highest BCUT2D eigenvalue weighted by Crippen LogP contribution is 2.27. The van der Waals surface area contributed by atoms with Gasteiger partial charge in [0.05, 0.1) is 6.04 Å². The van der Waals surface area contributed by atoms with Crippen LogP contribution in [0, 0.1) is 6.92 Å². The fourth-order valence-corrected chi connectivity index (χ4v) is 2.26. The standard InChI is InChI=1S/C17H23NO/c1-12-6-11-15(19-12)16(18-5)13-7-9-14(10-8-13)17(2,3)4/h6-11,16,18H,1-5H3. The Morgan fingerprint density at radius 3 is 2.05 bits per heavy atom. The van der Waals surface area contributed by atoms with Gasteiger partial charge in [0.1, 0.15) is 11.5 Å². The van der Waals surface area contributed by atoms with Gasteiger partial charge in [-0.15, -0.1) is 0 Å². The van der Waals surface area contributed by atoms with E-state index in [1.165, 1.54) is 11.1 Å². The first-order valence-corrected chi connectivity index (χ1v) is 6.76. The van der Waals surface area contributed by atoms with Crippen molar-refractivity contribution in [2.24, 2.45) is 0 Å². The molecule has 1 aromatic carbocycles. The molecule has 1 heterocycles. The zero-order chi connectivity index (χ0) is 14.0. The number of benzene rings is 1. The van der Waals surface area contributed by atoms with E-state index in [1.807, 2.05) is 26.1 Å². The molecule has 102 valence electrons. The van der Waals surface area contributed by atoms with Crippen LogP contribution in [0.2, 0.25) is 0 Å². The summed E-state index contributed by atoms with van der Waals surface area (Å²) in [6.07, 6.45) is 0. The van der Waals surface area contributed by atoms with Crippen molar-refractivity contribution in [2.45, 2.75) is 39.2 Å². The predicted molar refractivity (Wildman–Crippen MR) is 79.5 cm³/mol. The fourth-order valence-electron chi connectivity index (χ4n) is 2.26. The summed E-state index contributed by atoms with van der Waals surface area (Å²) in [5, 5.41) is 3.31. The van der Waals surface area contributed by atoms with Crippen LogP contribution >= 0.6 is 0 Å². The zero-order valence-electron chi connectivity index (χ0n) is 12.4. The highest BCUT2D eigenvalue weighted by molar-refractivity contribution is 5.32. The van der Waals surface area contributed by atoms with Crippen LogP contribution < -0.4 is 5.32 Å². The summed E-state index contributed by atoms with van der Waals surface area (Å²) in [6.45, 7) is 8.66. The third-order valence-electron chi connectivity index (χ3n) is 3.44. The van der Waals surface area contributed by atoms with Crippen molar-refractivity contribution in [3.63, 3.8) is 0 Å².